The predicted molar refractivity (Wildman–Crippen MR) is 48.9 cm³/mol. The Balaban J connectivity index is 2.42. The van der Waals surface area contributed by atoms with Crippen LogP contribution in [0.1, 0.15) is 18.4 Å². The van der Waals surface area contributed by atoms with Crippen molar-refractivity contribution in [3.8, 4) is 0 Å². The molecule has 0 aliphatic heterocycles. The maximum atomic E-state index is 6.06. The molecule has 1 aliphatic carbocycles. The lowest BCUT2D eigenvalue weighted by atomic mass is 10.1. The second-order valence-electron chi connectivity index (χ2n) is 3.31. The fourth-order valence-electron chi connectivity index (χ4n) is 1.41. The average Bonchev–Trinajstić information content (AvgIpc) is 2.85. The van der Waals surface area contributed by atoms with E-state index in [1.165, 1.54) is 0 Å². The number of pyridine rings is 1. The zero-order valence-electron chi connectivity index (χ0n) is 7.17. The summed E-state index contributed by atoms with van der Waals surface area (Å²) in [5, 5.41) is 3.05. The minimum atomic E-state index is -0.0907. The fraction of sp³-hybridized carbons (Fsp3) is 0.444. The Morgan fingerprint density at radius 3 is 2.92 bits per heavy atom. The molecule has 3 N–H and O–H groups in total. The molecule has 1 fully saturated rings. The summed E-state index contributed by atoms with van der Waals surface area (Å²) in [6, 6.07) is 3.98. The van der Waals surface area contributed by atoms with E-state index in [1.54, 1.807) is 6.20 Å². The van der Waals surface area contributed by atoms with Crippen molar-refractivity contribution < 1.29 is 0 Å². The van der Waals surface area contributed by atoms with Crippen LogP contribution >= 0.6 is 0 Å². The van der Waals surface area contributed by atoms with Gasteiger partial charge in [-0.2, -0.15) is 0 Å². The van der Waals surface area contributed by atoms with Gasteiger partial charge >= 0.3 is 0 Å². The first-order chi connectivity index (χ1) is 5.76. The molecule has 1 saturated carbocycles. The molecule has 1 aromatic heterocycles. The van der Waals surface area contributed by atoms with Gasteiger partial charge in [-0.05, 0) is 18.9 Å². The van der Waals surface area contributed by atoms with Crippen molar-refractivity contribution in [2.75, 3.05) is 12.4 Å². The summed E-state index contributed by atoms with van der Waals surface area (Å²) in [6.07, 6.45) is 3.93. The normalized spacial score (nSPS) is 18.8. The molecule has 2 rings (SSSR count). The van der Waals surface area contributed by atoms with E-state index in [4.69, 9.17) is 5.73 Å². The molecule has 12 heavy (non-hydrogen) atoms. The summed E-state index contributed by atoms with van der Waals surface area (Å²) in [7, 11) is 1.87. The second-order valence-corrected chi connectivity index (χ2v) is 3.31. The van der Waals surface area contributed by atoms with Crippen LogP contribution in [0.5, 0.6) is 0 Å². The van der Waals surface area contributed by atoms with Crippen LogP contribution in [0.3, 0.4) is 0 Å². The zero-order chi connectivity index (χ0) is 8.60. The molecule has 3 heteroatoms. The quantitative estimate of drug-likeness (QED) is 0.685. The van der Waals surface area contributed by atoms with E-state index < -0.39 is 0 Å². The third kappa shape index (κ3) is 1.06. The van der Waals surface area contributed by atoms with Gasteiger partial charge in [0.25, 0.3) is 0 Å². The minimum Gasteiger partial charge on any atom is -0.373 e. The van der Waals surface area contributed by atoms with Gasteiger partial charge in [0.1, 0.15) is 5.82 Å². The number of nitrogens with one attached hydrogen (secondary N) is 1. The highest BCUT2D eigenvalue weighted by molar-refractivity contribution is 5.49. The highest BCUT2D eigenvalue weighted by Gasteiger charge is 2.41. The molecular formula is C9H13N3. The van der Waals surface area contributed by atoms with Gasteiger partial charge in [0, 0.05) is 24.3 Å². The lowest BCUT2D eigenvalue weighted by Crippen LogP contribution is -2.20. The molecule has 0 unspecified atom stereocenters. The van der Waals surface area contributed by atoms with Crippen LogP contribution in [0.15, 0.2) is 18.3 Å². The first-order valence-electron chi connectivity index (χ1n) is 4.18. The van der Waals surface area contributed by atoms with Crippen LogP contribution in [0.25, 0.3) is 0 Å². The number of anilines is 1. The Labute approximate surface area is 72.0 Å². The van der Waals surface area contributed by atoms with Crippen LogP contribution in [-0.4, -0.2) is 12.0 Å². The Hall–Kier alpha value is -1.09. The van der Waals surface area contributed by atoms with Crippen molar-refractivity contribution >= 4 is 5.82 Å². The summed E-state index contributed by atoms with van der Waals surface area (Å²) < 4.78 is 0. The fourth-order valence-corrected chi connectivity index (χ4v) is 1.41. The molecule has 0 aromatic carbocycles. The van der Waals surface area contributed by atoms with Gasteiger partial charge < -0.3 is 11.1 Å². The van der Waals surface area contributed by atoms with E-state index in [0.717, 1.165) is 24.2 Å². The molecule has 64 valence electrons. The van der Waals surface area contributed by atoms with E-state index in [0.29, 0.717) is 0 Å². The molecule has 0 spiro atoms. The highest BCUT2D eigenvalue weighted by Crippen LogP contribution is 2.44. The van der Waals surface area contributed by atoms with Crippen LogP contribution in [-0.2, 0) is 5.54 Å². The van der Waals surface area contributed by atoms with Crippen molar-refractivity contribution in [1.29, 1.82) is 0 Å². The largest absolute Gasteiger partial charge is 0.373 e. The molecule has 1 heterocycles. The van der Waals surface area contributed by atoms with E-state index in [1.807, 2.05) is 19.2 Å². The van der Waals surface area contributed by atoms with Crippen LogP contribution in [0.2, 0.25) is 0 Å². The van der Waals surface area contributed by atoms with Crippen LogP contribution < -0.4 is 11.1 Å². The third-order valence-corrected chi connectivity index (χ3v) is 2.37. The molecule has 1 aromatic rings. The lowest BCUT2D eigenvalue weighted by molar-refractivity contribution is 0.737. The van der Waals surface area contributed by atoms with Gasteiger partial charge in [0.05, 0.1) is 0 Å². The topological polar surface area (TPSA) is 50.9 Å². The zero-order valence-corrected chi connectivity index (χ0v) is 7.17. The molecule has 3 nitrogen and oxygen atoms in total. The van der Waals surface area contributed by atoms with E-state index in [-0.39, 0.29) is 5.54 Å². The number of nitrogens with zero attached hydrogens (tertiary/aromatic N) is 1. The van der Waals surface area contributed by atoms with E-state index in [9.17, 15) is 0 Å². The van der Waals surface area contributed by atoms with Gasteiger partial charge in [0.15, 0.2) is 0 Å². The highest BCUT2D eigenvalue weighted by atomic mass is 15.0. The second kappa shape index (κ2) is 2.45. The van der Waals surface area contributed by atoms with Gasteiger partial charge in [0.2, 0.25) is 0 Å². The Morgan fingerprint density at radius 1 is 1.58 bits per heavy atom. The number of hydrogen-bond donors (Lipinski definition) is 2. The monoisotopic (exact) mass is 163 g/mol. The number of aromatic nitrogens is 1. The summed E-state index contributed by atoms with van der Waals surface area (Å²) >= 11 is 0. The van der Waals surface area contributed by atoms with Crippen molar-refractivity contribution in [1.82, 2.24) is 4.98 Å². The van der Waals surface area contributed by atoms with Gasteiger partial charge in [-0.15, -0.1) is 0 Å². The number of rotatable bonds is 2. The summed E-state index contributed by atoms with van der Waals surface area (Å²) in [6.45, 7) is 0. The van der Waals surface area contributed by atoms with E-state index in [2.05, 4.69) is 10.3 Å². The number of nitrogens with two attached hydrogens (primary N) is 1. The third-order valence-electron chi connectivity index (χ3n) is 2.37. The van der Waals surface area contributed by atoms with Crippen LogP contribution in [0.4, 0.5) is 5.82 Å². The Kier molecular flexibility index (Phi) is 1.54. The standard InChI is InChI=1S/C9H13N3/c1-11-8-7(3-2-6-12-8)9(10)4-5-9/h2-3,6H,4-5,10H2,1H3,(H,11,12). The van der Waals surface area contributed by atoms with Crippen molar-refractivity contribution in [3.63, 3.8) is 0 Å². The van der Waals surface area contributed by atoms with E-state index >= 15 is 0 Å². The number of hydrogen-bond acceptors (Lipinski definition) is 3. The van der Waals surface area contributed by atoms with Gasteiger partial charge in [-0.3, -0.25) is 0 Å². The minimum absolute atomic E-state index is 0.0907. The van der Waals surface area contributed by atoms with Crippen LogP contribution in [0, 0.1) is 0 Å². The lowest BCUT2D eigenvalue weighted by Gasteiger charge is -2.12. The molecular weight excluding hydrogens is 150 g/mol. The first-order valence-corrected chi connectivity index (χ1v) is 4.18. The summed E-state index contributed by atoms with van der Waals surface area (Å²) in [5.74, 6) is 0.914. The van der Waals surface area contributed by atoms with Crippen molar-refractivity contribution in [3.05, 3.63) is 23.9 Å². The van der Waals surface area contributed by atoms with Crippen molar-refractivity contribution in [2.24, 2.45) is 5.73 Å². The Morgan fingerprint density at radius 2 is 2.33 bits per heavy atom. The predicted octanol–water partition coefficient (Wildman–Crippen LogP) is 1.07. The SMILES string of the molecule is CNc1ncccc1C1(N)CC1. The molecule has 0 amide bonds. The smallest absolute Gasteiger partial charge is 0.130 e. The molecule has 0 bridgehead atoms. The van der Waals surface area contributed by atoms with Gasteiger partial charge in [-0.1, -0.05) is 6.07 Å². The maximum absolute atomic E-state index is 6.06. The summed E-state index contributed by atoms with van der Waals surface area (Å²) in [4.78, 5) is 4.21. The molecule has 0 atom stereocenters. The average molecular weight is 163 g/mol. The van der Waals surface area contributed by atoms with Crippen molar-refractivity contribution in [2.45, 2.75) is 18.4 Å². The van der Waals surface area contributed by atoms with Gasteiger partial charge in [-0.25, -0.2) is 4.98 Å². The summed E-state index contributed by atoms with van der Waals surface area (Å²) in [5.41, 5.74) is 7.12. The molecule has 0 radical (unpaired) electrons. The molecule has 0 saturated heterocycles. The maximum Gasteiger partial charge on any atom is 0.130 e. The molecule has 1 aliphatic rings. The Bertz CT molecular complexity index is 292. The first kappa shape index (κ1) is 7.55.